The first kappa shape index (κ1) is 18.3. The lowest BCUT2D eigenvalue weighted by molar-refractivity contribution is -0.122. The van der Waals surface area contributed by atoms with E-state index in [0.29, 0.717) is 24.8 Å². The molecule has 1 heterocycles. The van der Waals surface area contributed by atoms with Gasteiger partial charge in [-0.2, -0.15) is 0 Å². The van der Waals surface area contributed by atoms with E-state index in [1.807, 2.05) is 0 Å². The first-order valence-electron chi connectivity index (χ1n) is 8.51. The van der Waals surface area contributed by atoms with Gasteiger partial charge >= 0.3 is 0 Å². The molecule has 1 saturated heterocycles. The molecule has 128 valence electrons. The molecular weight excluding hydrogens is 311 g/mol. The molecule has 1 fully saturated rings. The van der Waals surface area contributed by atoms with Crippen LogP contribution in [0, 0.1) is 17.7 Å². The van der Waals surface area contributed by atoms with Crippen LogP contribution in [0.5, 0.6) is 0 Å². The molecule has 1 aliphatic heterocycles. The Morgan fingerprint density at radius 1 is 1.43 bits per heavy atom. The Bertz CT molecular complexity index is 474. The van der Waals surface area contributed by atoms with Gasteiger partial charge in [-0.25, -0.2) is 4.39 Å². The Kier molecular flexibility index (Phi) is 7.89. The minimum Gasteiger partial charge on any atom is -0.356 e. The molecular formula is C18H27FN2OS. The van der Waals surface area contributed by atoms with Crippen LogP contribution in [-0.4, -0.2) is 31.3 Å². The summed E-state index contributed by atoms with van der Waals surface area (Å²) >= 11 is 1.69. The van der Waals surface area contributed by atoms with E-state index in [-0.39, 0.29) is 11.7 Å². The zero-order valence-electron chi connectivity index (χ0n) is 13.8. The molecule has 23 heavy (non-hydrogen) atoms. The van der Waals surface area contributed by atoms with E-state index in [2.05, 4.69) is 17.6 Å². The third kappa shape index (κ3) is 6.92. The summed E-state index contributed by atoms with van der Waals surface area (Å²) in [4.78, 5) is 13.1. The molecule has 2 rings (SSSR count). The number of piperidine rings is 1. The molecule has 2 atom stereocenters. The predicted molar refractivity (Wildman–Crippen MR) is 94.1 cm³/mol. The minimum absolute atomic E-state index is 0.162. The summed E-state index contributed by atoms with van der Waals surface area (Å²) in [6.07, 6.45) is 4.00. The summed E-state index contributed by atoms with van der Waals surface area (Å²) in [7, 11) is 0. The molecule has 1 aromatic rings. The Hall–Kier alpha value is -1.07. The van der Waals surface area contributed by atoms with Crippen molar-refractivity contribution in [3.63, 3.8) is 0 Å². The van der Waals surface area contributed by atoms with E-state index < -0.39 is 0 Å². The predicted octanol–water partition coefficient (Wildman–Crippen LogP) is 3.45. The van der Waals surface area contributed by atoms with Crippen molar-refractivity contribution in [1.29, 1.82) is 0 Å². The topological polar surface area (TPSA) is 41.1 Å². The first-order valence-corrected chi connectivity index (χ1v) is 9.49. The molecule has 0 saturated carbocycles. The quantitative estimate of drug-likeness (QED) is 0.563. The lowest BCUT2D eigenvalue weighted by atomic mass is 9.85. The fourth-order valence-electron chi connectivity index (χ4n) is 2.92. The van der Waals surface area contributed by atoms with Crippen molar-refractivity contribution in [1.82, 2.24) is 10.6 Å². The first-order chi connectivity index (χ1) is 11.1. The summed E-state index contributed by atoms with van der Waals surface area (Å²) in [5, 5.41) is 6.43. The minimum atomic E-state index is -0.205. The van der Waals surface area contributed by atoms with Gasteiger partial charge in [-0.1, -0.05) is 6.92 Å². The smallest absolute Gasteiger partial charge is 0.220 e. The third-order valence-corrected chi connectivity index (χ3v) is 5.47. The van der Waals surface area contributed by atoms with E-state index in [1.54, 1.807) is 23.9 Å². The van der Waals surface area contributed by atoms with Crippen LogP contribution in [0.3, 0.4) is 0 Å². The van der Waals surface area contributed by atoms with Crippen LogP contribution in [0.1, 0.15) is 32.6 Å². The van der Waals surface area contributed by atoms with Gasteiger partial charge < -0.3 is 10.6 Å². The largest absolute Gasteiger partial charge is 0.356 e. The molecule has 1 aromatic carbocycles. The fraction of sp³-hybridized carbons (Fsp3) is 0.611. The van der Waals surface area contributed by atoms with Gasteiger partial charge in [-0.05, 0) is 74.2 Å². The van der Waals surface area contributed by atoms with E-state index >= 15 is 0 Å². The summed E-state index contributed by atoms with van der Waals surface area (Å²) in [6, 6.07) is 6.54. The number of halogens is 1. The van der Waals surface area contributed by atoms with Crippen molar-refractivity contribution in [3.05, 3.63) is 30.1 Å². The van der Waals surface area contributed by atoms with Crippen molar-refractivity contribution in [3.8, 4) is 0 Å². The summed E-state index contributed by atoms with van der Waals surface area (Å²) < 4.78 is 12.8. The number of nitrogens with one attached hydrogen (secondary N) is 2. The standard InChI is InChI=1S/C18H27FN2OS/c1-14(15-4-2-9-20-13-15)12-18(22)21-10-3-11-23-17-7-5-16(19)6-8-17/h5-8,14-15,20H,2-4,9-13H2,1H3,(H,21,22). The third-order valence-electron chi connectivity index (χ3n) is 4.37. The molecule has 2 N–H and O–H groups in total. The number of carbonyl (C=O) groups is 1. The number of benzene rings is 1. The molecule has 0 spiro atoms. The van der Waals surface area contributed by atoms with E-state index in [4.69, 9.17) is 0 Å². The van der Waals surface area contributed by atoms with Gasteiger partial charge in [-0.3, -0.25) is 4.79 Å². The van der Waals surface area contributed by atoms with E-state index in [1.165, 1.54) is 25.0 Å². The van der Waals surface area contributed by atoms with Crippen LogP contribution in [0.2, 0.25) is 0 Å². The van der Waals surface area contributed by atoms with Crippen LogP contribution in [-0.2, 0) is 4.79 Å². The maximum atomic E-state index is 12.8. The van der Waals surface area contributed by atoms with Gasteiger partial charge in [0.2, 0.25) is 5.91 Å². The van der Waals surface area contributed by atoms with Crippen molar-refractivity contribution in [2.45, 2.75) is 37.5 Å². The number of hydrogen-bond acceptors (Lipinski definition) is 3. The highest BCUT2D eigenvalue weighted by Gasteiger charge is 2.21. The van der Waals surface area contributed by atoms with E-state index in [0.717, 1.165) is 30.2 Å². The molecule has 0 radical (unpaired) electrons. The number of thioether (sulfide) groups is 1. The number of amides is 1. The monoisotopic (exact) mass is 338 g/mol. The fourth-order valence-corrected chi connectivity index (χ4v) is 3.77. The lowest BCUT2D eigenvalue weighted by Crippen LogP contribution is -2.35. The summed E-state index contributed by atoms with van der Waals surface area (Å²) in [5.41, 5.74) is 0. The van der Waals surface area contributed by atoms with Crippen molar-refractivity contribution in [2.75, 3.05) is 25.4 Å². The number of carbonyl (C=O) groups excluding carboxylic acids is 1. The molecule has 0 aromatic heterocycles. The van der Waals surface area contributed by atoms with Gasteiger partial charge in [-0.15, -0.1) is 11.8 Å². The molecule has 3 nitrogen and oxygen atoms in total. The van der Waals surface area contributed by atoms with Gasteiger partial charge in [0.05, 0.1) is 0 Å². The lowest BCUT2D eigenvalue weighted by Gasteiger charge is -2.28. The van der Waals surface area contributed by atoms with E-state index in [9.17, 15) is 9.18 Å². The number of hydrogen-bond donors (Lipinski definition) is 2. The van der Waals surface area contributed by atoms with Crippen LogP contribution >= 0.6 is 11.8 Å². The Morgan fingerprint density at radius 3 is 2.91 bits per heavy atom. The average Bonchev–Trinajstić information content (AvgIpc) is 2.57. The van der Waals surface area contributed by atoms with Crippen molar-refractivity contribution < 1.29 is 9.18 Å². The van der Waals surface area contributed by atoms with Crippen LogP contribution in [0.4, 0.5) is 4.39 Å². The Labute approximate surface area is 142 Å². The zero-order chi connectivity index (χ0) is 16.5. The highest BCUT2D eigenvalue weighted by atomic mass is 32.2. The van der Waals surface area contributed by atoms with Gasteiger partial charge in [0.25, 0.3) is 0 Å². The number of rotatable bonds is 8. The second kappa shape index (κ2) is 9.93. The van der Waals surface area contributed by atoms with Crippen molar-refractivity contribution >= 4 is 17.7 Å². The molecule has 1 aliphatic rings. The van der Waals surface area contributed by atoms with Crippen LogP contribution in [0.15, 0.2) is 29.2 Å². The molecule has 2 unspecified atom stereocenters. The highest BCUT2D eigenvalue weighted by molar-refractivity contribution is 7.99. The second-order valence-corrected chi connectivity index (χ2v) is 7.46. The average molecular weight is 338 g/mol. The van der Waals surface area contributed by atoms with Gasteiger partial charge in [0.15, 0.2) is 0 Å². The maximum Gasteiger partial charge on any atom is 0.220 e. The molecule has 5 heteroatoms. The van der Waals surface area contributed by atoms with Crippen molar-refractivity contribution in [2.24, 2.45) is 11.8 Å². The van der Waals surface area contributed by atoms with Gasteiger partial charge in [0, 0.05) is 17.9 Å². The molecule has 1 amide bonds. The molecule has 0 bridgehead atoms. The molecule has 0 aliphatic carbocycles. The summed E-state index contributed by atoms with van der Waals surface area (Å²) in [6.45, 7) is 5.05. The second-order valence-electron chi connectivity index (χ2n) is 6.29. The Morgan fingerprint density at radius 2 is 2.22 bits per heavy atom. The SMILES string of the molecule is CC(CC(=O)NCCCSc1ccc(F)cc1)C1CCCNC1. The summed E-state index contributed by atoms with van der Waals surface area (Å²) in [5.74, 6) is 1.95. The highest BCUT2D eigenvalue weighted by Crippen LogP contribution is 2.22. The normalized spacial score (nSPS) is 19.3. The van der Waals surface area contributed by atoms with Crippen LogP contribution in [0.25, 0.3) is 0 Å². The zero-order valence-corrected chi connectivity index (χ0v) is 14.6. The van der Waals surface area contributed by atoms with Gasteiger partial charge in [0.1, 0.15) is 5.82 Å². The maximum absolute atomic E-state index is 12.8. The van der Waals surface area contributed by atoms with Crippen LogP contribution < -0.4 is 10.6 Å². The Balaban J connectivity index is 1.54.